The molecule has 1 unspecified atom stereocenters. The van der Waals surface area contributed by atoms with Gasteiger partial charge >= 0.3 is 0 Å². The molecule has 0 aliphatic carbocycles. The molecule has 0 fully saturated rings. The molecule has 0 aliphatic rings. The Bertz CT molecular complexity index is 332. The quantitative estimate of drug-likeness (QED) is 0.436. The Morgan fingerprint density at radius 3 is 2.40 bits per heavy atom. The van der Waals surface area contributed by atoms with Gasteiger partial charge in [0.1, 0.15) is 6.23 Å². The van der Waals surface area contributed by atoms with Gasteiger partial charge in [0.25, 0.3) is 0 Å². The van der Waals surface area contributed by atoms with Crippen LogP contribution < -0.4 is 10.6 Å². The molecule has 80 valence electrons. The molecule has 0 bridgehead atoms. The zero-order chi connectivity index (χ0) is 11.3. The summed E-state index contributed by atoms with van der Waals surface area (Å²) < 4.78 is 0. The van der Waals surface area contributed by atoms with E-state index in [9.17, 15) is 5.11 Å². The number of hydrogen-bond acceptors (Lipinski definition) is 3. The first kappa shape index (κ1) is 11.3. The molecule has 0 amide bonds. The Balaban J connectivity index is 2.92. The summed E-state index contributed by atoms with van der Waals surface area (Å²) in [6.45, 7) is 7.76. The molecule has 1 atom stereocenters. The van der Waals surface area contributed by atoms with E-state index >= 15 is 0 Å². The highest BCUT2D eigenvalue weighted by Crippen LogP contribution is 2.18. The van der Waals surface area contributed by atoms with Crippen LogP contribution in [0.2, 0.25) is 0 Å². The van der Waals surface area contributed by atoms with Crippen molar-refractivity contribution in [2.75, 3.05) is 17.2 Å². The second kappa shape index (κ2) is 5.22. The van der Waals surface area contributed by atoms with E-state index < -0.39 is 6.23 Å². The zero-order valence-electron chi connectivity index (χ0n) is 8.63. The summed E-state index contributed by atoms with van der Waals surface area (Å²) in [6.07, 6.45) is 2.48. The van der Waals surface area contributed by atoms with Crippen molar-refractivity contribution in [2.45, 2.75) is 6.23 Å². The third-order valence-corrected chi connectivity index (χ3v) is 2.08. The molecule has 0 saturated heterocycles. The maximum atomic E-state index is 9.70. The molecule has 15 heavy (non-hydrogen) atoms. The lowest BCUT2D eigenvalue weighted by molar-refractivity contribution is 0.220. The molecule has 0 radical (unpaired) electrons. The number of nitrogens with zero attached hydrogens (tertiary/aromatic N) is 1. The summed E-state index contributed by atoms with van der Waals surface area (Å²) in [5.41, 5.74) is 7.17. The van der Waals surface area contributed by atoms with E-state index in [1.165, 1.54) is 6.08 Å². The molecule has 0 spiro atoms. The highest BCUT2D eigenvalue weighted by Gasteiger charge is 2.10. The first-order valence-corrected chi connectivity index (χ1v) is 4.72. The fourth-order valence-electron chi connectivity index (χ4n) is 1.30. The Morgan fingerprint density at radius 2 is 1.93 bits per heavy atom. The fourth-order valence-corrected chi connectivity index (χ4v) is 1.30. The Morgan fingerprint density at radius 1 is 1.33 bits per heavy atom. The number of anilines is 2. The summed E-state index contributed by atoms with van der Waals surface area (Å²) in [6, 6.07) is 7.29. The van der Waals surface area contributed by atoms with E-state index in [4.69, 9.17) is 5.73 Å². The predicted octanol–water partition coefficient (Wildman–Crippen LogP) is 1.77. The van der Waals surface area contributed by atoms with Crippen molar-refractivity contribution in [3.8, 4) is 0 Å². The molecule has 3 nitrogen and oxygen atoms in total. The lowest BCUT2D eigenvalue weighted by Gasteiger charge is -2.26. The van der Waals surface area contributed by atoms with Crippen LogP contribution in [0.5, 0.6) is 0 Å². The highest BCUT2D eigenvalue weighted by atomic mass is 16.3. The van der Waals surface area contributed by atoms with E-state index in [0.29, 0.717) is 12.2 Å². The highest BCUT2D eigenvalue weighted by molar-refractivity contribution is 5.54. The van der Waals surface area contributed by atoms with Gasteiger partial charge in [0.15, 0.2) is 0 Å². The molecule has 3 heteroatoms. The van der Waals surface area contributed by atoms with Crippen LogP contribution in [0.15, 0.2) is 49.6 Å². The Hall–Kier alpha value is -1.74. The lowest BCUT2D eigenvalue weighted by Crippen LogP contribution is -2.33. The number of benzene rings is 1. The zero-order valence-corrected chi connectivity index (χ0v) is 8.63. The van der Waals surface area contributed by atoms with Gasteiger partial charge < -0.3 is 15.7 Å². The third-order valence-electron chi connectivity index (χ3n) is 2.08. The van der Waals surface area contributed by atoms with Gasteiger partial charge in [0.2, 0.25) is 0 Å². The van der Waals surface area contributed by atoms with E-state index in [1.54, 1.807) is 23.1 Å². The van der Waals surface area contributed by atoms with Gasteiger partial charge in [-0.05, 0) is 30.3 Å². The molecule has 0 aromatic heterocycles. The van der Waals surface area contributed by atoms with Crippen LogP contribution in [0, 0.1) is 0 Å². The maximum Gasteiger partial charge on any atom is 0.146 e. The number of nitrogens with two attached hydrogens (primary N) is 1. The van der Waals surface area contributed by atoms with Crippen LogP contribution in [0.1, 0.15) is 0 Å². The van der Waals surface area contributed by atoms with Crippen molar-refractivity contribution in [2.24, 2.45) is 0 Å². The second-order valence-electron chi connectivity index (χ2n) is 3.18. The standard InChI is InChI=1S/C12H16N2O/c1-3-9-14(12(15)4-2)11-7-5-10(13)6-8-11/h3-8,12,15H,1-2,9,13H2. The van der Waals surface area contributed by atoms with Crippen LogP contribution in [-0.2, 0) is 0 Å². The topological polar surface area (TPSA) is 49.5 Å². The summed E-state index contributed by atoms with van der Waals surface area (Å²) in [5.74, 6) is 0. The van der Waals surface area contributed by atoms with Crippen LogP contribution in [0.3, 0.4) is 0 Å². The van der Waals surface area contributed by atoms with Crippen molar-refractivity contribution < 1.29 is 5.11 Å². The summed E-state index contributed by atoms with van der Waals surface area (Å²) in [5, 5.41) is 9.70. The van der Waals surface area contributed by atoms with Crippen LogP contribution in [0.25, 0.3) is 0 Å². The SMILES string of the molecule is C=CCN(c1ccc(N)cc1)C(O)C=C. The van der Waals surface area contributed by atoms with Gasteiger partial charge in [-0.25, -0.2) is 0 Å². The smallest absolute Gasteiger partial charge is 0.146 e. The largest absolute Gasteiger partial charge is 0.399 e. The van der Waals surface area contributed by atoms with Crippen molar-refractivity contribution >= 4 is 11.4 Å². The van der Waals surface area contributed by atoms with Gasteiger partial charge in [-0.1, -0.05) is 12.7 Å². The minimum Gasteiger partial charge on any atom is -0.399 e. The Labute approximate surface area is 90.1 Å². The molecule has 0 aliphatic heterocycles. The van der Waals surface area contributed by atoms with Gasteiger partial charge in [-0.15, -0.1) is 6.58 Å². The summed E-state index contributed by atoms with van der Waals surface area (Å²) >= 11 is 0. The Kier molecular flexibility index (Phi) is 3.94. The monoisotopic (exact) mass is 204 g/mol. The third kappa shape index (κ3) is 2.86. The molecular formula is C12H16N2O. The average Bonchev–Trinajstić information content (AvgIpc) is 2.26. The molecular weight excluding hydrogens is 188 g/mol. The van der Waals surface area contributed by atoms with E-state index in [2.05, 4.69) is 13.2 Å². The normalized spacial score (nSPS) is 11.8. The molecule has 0 saturated carbocycles. The van der Waals surface area contributed by atoms with Crippen molar-refractivity contribution in [3.63, 3.8) is 0 Å². The van der Waals surface area contributed by atoms with Gasteiger partial charge in [0.05, 0.1) is 0 Å². The number of rotatable bonds is 5. The molecule has 1 rings (SSSR count). The van der Waals surface area contributed by atoms with E-state index in [0.717, 1.165) is 5.69 Å². The first-order valence-electron chi connectivity index (χ1n) is 4.72. The molecule has 3 N–H and O–H groups in total. The van der Waals surface area contributed by atoms with Crippen LogP contribution >= 0.6 is 0 Å². The molecule has 1 aromatic carbocycles. The summed E-state index contributed by atoms with van der Waals surface area (Å²) in [7, 11) is 0. The average molecular weight is 204 g/mol. The molecule has 1 aromatic rings. The number of nitrogen functional groups attached to an aromatic ring is 1. The number of hydrogen-bond donors (Lipinski definition) is 2. The molecule has 0 heterocycles. The van der Waals surface area contributed by atoms with Gasteiger partial charge in [0, 0.05) is 17.9 Å². The summed E-state index contributed by atoms with van der Waals surface area (Å²) in [4.78, 5) is 1.76. The van der Waals surface area contributed by atoms with Gasteiger partial charge in [-0.3, -0.25) is 0 Å². The lowest BCUT2D eigenvalue weighted by atomic mass is 10.2. The van der Waals surface area contributed by atoms with Crippen molar-refractivity contribution in [3.05, 3.63) is 49.6 Å². The minimum absolute atomic E-state index is 0.553. The number of aliphatic hydroxyl groups excluding tert-OH is 1. The predicted molar refractivity (Wildman–Crippen MR) is 64.6 cm³/mol. The van der Waals surface area contributed by atoms with E-state index in [1.807, 2.05) is 12.1 Å². The fraction of sp³-hybridized carbons (Fsp3) is 0.167. The maximum absolute atomic E-state index is 9.70. The van der Waals surface area contributed by atoms with E-state index in [-0.39, 0.29) is 0 Å². The minimum atomic E-state index is -0.716. The number of aliphatic hydroxyl groups is 1. The van der Waals surface area contributed by atoms with Crippen molar-refractivity contribution in [1.82, 2.24) is 0 Å². The van der Waals surface area contributed by atoms with Crippen LogP contribution in [-0.4, -0.2) is 17.9 Å². The second-order valence-corrected chi connectivity index (χ2v) is 3.18. The first-order chi connectivity index (χ1) is 7.19. The van der Waals surface area contributed by atoms with Crippen LogP contribution in [0.4, 0.5) is 11.4 Å². The van der Waals surface area contributed by atoms with Gasteiger partial charge in [-0.2, -0.15) is 0 Å². The van der Waals surface area contributed by atoms with Crippen molar-refractivity contribution in [1.29, 1.82) is 0 Å².